The molecule has 36 heavy (non-hydrogen) atoms. The number of fused-ring (bicyclic) bond motifs is 7. The maximum atomic E-state index is 13.2. The van der Waals surface area contributed by atoms with Crippen LogP contribution in [-0.4, -0.2) is 38.1 Å². The molecule has 0 aliphatic carbocycles. The molecule has 4 aromatic rings. The molecule has 8 heteroatoms. The zero-order chi connectivity index (χ0) is 25.7. The molecule has 0 amide bonds. The normalized spacial score (nSPS) is 12.7. The number of nitrogens with zero attached hydrogens (tertiary/aromatic N) is 1. The molecule has 2 aromatic carbocycles. The number of hydrogen-bond donors (Lipinski definition) is 0. The molecule has 190 valence electrons. The third-order valence-corrected chi connectivity index (χ3v) is 6.36. The Morgan fingerprint density at radius 2 is 1.53 bits per heavy atom. The van der Waals surface area contributed by atoms with E-state index >= 15 is 0 Å². The topological polar surface area (TPSA) is 81.3 Å². The molecule has 0 fully saturated rings. The lowest BCUT2D eigenvalue weighted by Gasteiger charge is -2.26. The van der Waals surface area contributed by atoms with Gasteiger partial charge in [-0.1, -0.05) is 0 Å². The van der Waals surface area contributed by atoms with Gasteiger partial charge >= 0.3 is 5.63 Å². The second-order valence-corrected chi connectivity index (χ2v) is 9.38. The molecular weight excluding hydrogens is 462 g/mol. The van der Waals surface area contributed by atoms with E-state index in [0.717, 1.165) is 27.6 Å². The zero-order valence-electron chi connectivity index (χ0n) is 21.7. The number of rotatable bonds is 7. The molecule has 2 aromatic heterocycles. The third-order valence-electron chi connectivity index (χ3n) is 6.36. The van der Waals surface area contributed by atoms with Gasteiger partial charge in [0, 0.05) is 40.2 Å². The maximum Gasteiger partial charge on any atom is 0.361 e. The summed E-state index contributed by atoms with van der Waals surface area (Å²) in [6.07, 6.45) is 0.559. The van der Waals surface area contributed by atoms with Crippen molar-refractivity contribution in [2.45, 2.75) is 52.9 Å². The molecule has 0 radical (unpaired) electrons. The number of ether oxygens (including phenoxy) is 5. The van der Waals surface area contributed by atoms with Gasteiger partial charge in [0.05, 0.1) is 33.5 Å². The molecule has 0 saturated carbocycles. The first-order valence-electron chi connectivity index (χ1n) is 12.1. The van der Waals surface area contributed by atoms with Crippen molar-refractivity contribution in [3.63, 3.8) is 0 Å². The number of aryl methyl sites for hydroxylation is 1. The number of aromatic nitrogens is 1. The summed E-state index contributed by atoms with van der Waals surface area (Å²) in [6, 6.07) is 7.57. The van der Waals surface area contributed by atoms with Crippen LogP contribution in [0.1, 0.15) is 33.3 Å². The number of benzene rings is 2. The molecule has 0 bridgehead atoms. The van der Waals surface area contributed by atoms with Gasteiger partial charge in [0.2, 0.25) is 5.75 Å². The Morgan fingerprint density at radius 1 is 0.806 bits per heavy atom. The molecule has 5 rings (SSSR count). The van der Waals surface area contributed by atoms with Gasteiger partial charge in [0.15, 0.2) is 23.0 Å². The smallest absolute Gasteiger partial charge is 0.361 e. The highest BCUT2D eigenvalue weighted by molar-refractivity contribution is 6.07. The summed E-state index contributed by atoms with van der Waals surface area (Å²) < 4.78 is 36.8. The fourth-order valence-corrected chi connectivity index (χ4v) is 4.98. The Morgan fingerprint density at radius 3 is 2.17 bits per heavy atom. The first kappa shape index (κ1) is 23.9. The highest BCUT2D eigenvalue weighted by Gasteiger charge is 2.29. The van der Waals surface area contributed by atoms with Crippen LogP contribution in [0.4, 0.5) is 0 Å². The van der Waals surface area contributed by atoms with E-state index in [0.29, 0.717) is 52.8 Å². The van der Waals surface area contributed by atoms with E-state index in [1.807, 2.05) is 50.5 Å². The van der Waals surface area contributed by atoms with E-state index in [1.165, 1.54) is 0 Å². The largest absolute Gasteiger partial charge is 0.493 e. The van der Waals surface area contributed by atoms with Crippen LogP contribution in [0.2, 0.25) is 0 Å². The molecule has 0 saturated heterocycles. The Labute approximate surface area is 209 Å². The van der Waals surface area contributed by atoms with Crippen LogP contribution in [0.3, 0.4) is 0 Å². The van der Waals surface area contributed by atoms with Gasteiger partial charge in [0.1, 0.15) is 11.1 Å². The van der Waals surface area contributed by atoms with Crippen LogP contribution in [0.25, 0.3) is 33.1 Å². The first-order chi connectivity index (χ1) is 17.3. The van der Waals surface area contributed by atoms with Crippen molar-refractivity contribution in [1.29, 1.82) is 0 Å². The van der Waals surface area contributed by atoms with Crippen molar-refractivity contribution in [2.24, 2.45) is 0 Å². The highest BCUT2D eigenvalue weighted by Crippen LogP contribution is 2.49. The SMILES string of the molecule is COc1cc2c(cc1OC(C)C)oc(=O)c1c2cc2n1CCc1c-2cc(OC)c(OC)c1OC(C)C. The summed E-state index contributed by atoms with van der Waals surface area (Å²) in [4.78, 5) is 13.2. The molecule has 0 unspecified atom stereocenters. The van der Waals surface area contributed by atoms with Crippen molar-refractivity contribution in [2.75, 3.05) is 21.3 Å². The van der Waals surface area contributed by atoms with Crippen molar-refractivity contribution >= 4 is 21.9 Å². The van der Waals surface area contributed by atoms with Gasteiger partial charge in [-0.25, -0.2) is 4.79 Å². The van der Waals surface area contributed by atoms with Crippen LogP contribution >= 0.6 is 0 Å². The van der Waals surface area contributed by atoms with Gasteiger partial charge < -0.3 is 32.7 Å². The van der Waals surface area contributed by atoms with Crippen molar-refractivity contribution in [1.82, 2.24) is 4.57 Å². The first-order valence-corrected chi connectivity index (χ1v) is 12.1. The van der Waals surface area contributed by atoms with Crippen LogP contribution in [-0.2, 0) is 13.0 Å². The minimum Gasteiger partial charge on any atom is -0.493 e. The predicted molar refractivity (Wildman–Crippen MR) is 138 cm³/mol. The highest BCUT2D eigenvalue weighted by atomic mass is 16.5. The zero-order valence-corrected chi connectivity index (χ0v) is 21.7. The lowest BCUT2D eigenvalue weighted by molar-refractivity contribution is 0.223. The van der Waals surface area contributed by atoms with Gasteiger partial charge in [-0.3, -0.25) is 0 Å². The summed E-state index contributed by atoms with van der Waals surface area (Å²) in [6.45, 7) is 8.42. The van der Waals surface area contributed by atoms with Crippen molar-refractivity contribution in [3.05, 3.63) is 40.2 Å². The van der Waals surface area contributed by atoms with Crippen molar-refractivity contribution in [3.8, 4) is 40.0 Å². The van der Waals surface area contributed by atoms with E-state index in [9.17, 15) is 4.79 Å². The molecular formula is C28H31NO7. The van der Waals surface area contributed by atoms with Crippen molar-refractivity contribution < 1.29 is 28.1 Å². The summed E-state index contributed by atoms with van der Waals surface area (Å²) in [7, 11) is 4.81. The fraction of sp³-hybridized carbons (Fsp3) is 0.393. The van der Waals surface area contributed by atoms with Crippen LogP contribution in [0.5, 0.6) is 28.7 Å². The average molecular weight is 494 g/mol. The Bertz CT molecular complexity index is 1530. The Balaban J connectivity index is 1.81. The van der Waals surface area contributed by atoms with Crippen LogP contribution < -0.4 is 29.3 Å². The minimum absolute atomic E-state index is 0.0476. The summed E-state index contributed by atoms with van der Waals surface area (Å²) in [5.41, 5.74) is 3.42. The summed E-state index contributed by atoms with van der Waals surface area (Å²) in [5.74, 6) is 2.92. The predicted octanol–water partition coefficient (Wildman–Crippen LogP) is 5.57. The Hall–Kier alpha value is -3.81. The molecule has 0 atom stereocenters. The lowest BCUT2D eigenvalue weighted by atomic mass is 9.96. The summed E-state index contributed by atoms with van der Waals surface area (Å²) >= 11 is 0. The van der Waals surface area contributed by atoms with E-state index in [1.54, 1.807) is 27.4 Å². The van der Waals surface area contributed by atoms with E-state index < -0.39 is 5.63 Å². The van der Waals surface area contributed by atoms with Crippen LogP contribution in [0.15, 0.2) is 33.5 Å². The van der Waals surface area contributed by atoms with Gasteiger partial charge in [-0.15, -0.1) is 0 Å². The Kier molecular flexibility index (Phi) is 5.98. The minimum atomic E-state index is -0.396. The molecule has 8 nitrogen and oxygen atoms in total. The summed E-state index contributed by atoms with van der Waals surface area (Å²) in [5, 5.41) is 1.57. The van der Waals surface area contributed by atoms with E-state index in [2.05, 4.69) is 0 Å². The fourth-order valence-electron chi connectivity index (χ4n) is 4.98. The molecule has 1 aliphatic rings. The standard InChI is InChI=1S/C28H31NO7/c1-14(2)34-23-13-21-18(12-22(23)31-5)19-10-20-17-11-24(32-6)27(33-7)26(35-15(3)4)16(17)8-9-29(20)25(19)28(30)36-21/h10-15H,8-9H2,1-7H3. The number of hydrogen-bond acceptors (Lipinski definition) is 7. The van der Waals surface area contributed by atoms with E-state index in [4.69, 9.17) is 28.1 Å². The van der Waals surface area contributed by atoms with Gasteiger partial charge in [-0.05, 0) is 52.3 Å². The molecule has 0 N–H and O–H groups in total. The third kappa shape index (κ3) is 3.72. The van der Waals surface area contributed by atoms with Gasteiger partial charge in [-0.2, -0.15) is 0 Å². The molecule has 3 heterocycles. The molecule has 0 spiro atoms. The van der Waals surface area contributed by atoms with Gasteiger partial charge in [0.25, 0.3) is 0 Å². The quantitative estimate of drug-likeness (QED) is 0.311. The molecule has 1 aliphatic heterocycles. The second kappa shape index (κ2) is 9.00. The maximum absolute atomic E-state index is 13.2. The second-order valence-electron chi connectivity index (χ2n) is 9.38. The van der Waals surface area contributed by atoms with Crippen LogP contribution in [0, 0.1) is 0 Å². The lowest BCUT2D eigenvalue weighted by Crippen LogP contribution is -2.17. The monoisotopic (exact) mass is 493 g/mol. The van der Waals surface area contributed by atoms with E-state index in [-0.39, 0.29) is 12.2 Å². The number of methoxy groups -OCH3 is 3. The average Bonchev–Trinajstić information content (AvgIpc) is 3.23.